The van der Waals surface area contributed by atoms with E-state index in [0.717, 1.165) is 10.6 Å². The summed E-state index contributed by atoms with van der Waals surface area (Å²) >= 11 is 1.58. The molecule has 1 aliphatic heterocycles. The lowest BCUT2D eigenvalue weighted by Gasteiger charge is -2.14. The van der Waals surface area contributed by atoms with Gasteiger partial charge in [0.05, 0.1) is 24.3 Å². The summed E-state index contributed by atoms with van der Waals surface area (Å²) in [6.07, 6.45) is -0.318. The number of ether oxygens (including phenoxy) is 1. The average molecular weight is 246 g/mol. The Morgan fingerprint density at radius 2 is 2.12 bits per heavy atom. The Morgan fingerprint density at radius 1 is 1.29 bits per heavy atom. The van der Waals surface area contributed by atoms with Crippen LogP contribution in [0.5, 0.6) is 5.75 Å². The maximum absolute atomic E-state index is 11.9. The smallest absolute Gasteiger partial charge is 0.410 e. The van der Waals surface area contributed by atoms with Gasteiger partial charge in [0.1, 0.15) is 5.75 Å². The van der Waals surface area contributed by atoms with Crippen molar-refractivity contribution in [2.45, 2.75) is 13.1 Å². The van der Waals surface area contributed by atoms with Gasteiger partial charge in [-0.05, 0) is 12.1 Å². The van der Waals surface area contributed by atoms with Gasteiger partial charge in [0.25, 0.3) is 0 Å². The van der Waals surface area contributed by atoms with Crippen molar-refractivity contribution in [3.63, 3.8) is 0 Å². The van der Waals surface area contributed by atoms with Crippen molar-refractivity contribution in [2.75, 3.05) is 0 Å². The molecule has 86 valence electrons. The van der Waals surface area contributed by atoms with E-state index in [0.29, 0.717) is 18.8 Å². The zero-order valence-corrected chi connectivity index (χ0v) is 9.81. The summed E-state index contributed by atoms with van der Waals surface area (Å²) in [5, 5.41) is 0. The molecule has 2 aromatic rings. The molecule has 0 radical (unpaired) electrons. The van der Waals surface area contributed by atoms with Crippen LogP contribution in [0, 0.1) is 0 Å². The van der Waals surface area contributed by atoms with E-state index in [1.54, 1.807) is 28.4 Å². The molecular weight excluding hydrogens is 236 g/mol. The monoisotopic (exact) mass is 246 g/mol. The Balaban J connectivity index is 1.67. The lowest BCUT2D eigenvalue weighted by Crippen LogP contribution is -2.28. The minimum Gasteiger partial charge on any atom is -0.410 e. The van der Waals surface area contributed by atoms with Crippen LogP contribution in [-0.2, 0) is 13.1 Å². The van der Waals surface area contributed by atoms with E-state index in [2.05, 4.69) is 4.98 Å². The highest BCUT2D eigenvalue weighted by Crippen LogP contribution is 2.25. The number of fused-ring (bicyclic) bond motifs is 1. The standard InChI is InChI=1S/C12H10N2O2S/c15-12(16-9-4-2-1-3-5-9)14-6-10-11(7-14)17-8-13-10/h1-5,8H,6-7H2. The lowest BCUT2D eigenvalue weighted by atomic mass is 10.3. The van der Waals surface area contributed by atoms with Crippen LogP contribution in [-0.4, -0.2) is 16.0 Å². The van der Waals surface area contributed by atoms with E-state index in [9.17, 15) is 4.79 Å². The highest BCUT2D eigenvalue weighted by atomic mass is 32.1. The zero-order valence-electron chi connectivity index (χ0n) is 9.00. The van der Waals surface area contributed by atoms with Crippen molar-refractivity contribution in [1.29, 1.82) is 0 Å². The first-order valence-electron chi connectivity index (χ1n) is 5.26. The highest BCUT2D eigenvalue weighted by molar-refractivity contribution is 7.09. The fourth-order valence-electron chi connectivity index (χ4n) is 1.74. The molecule has 0 saturated carbocycles. The summed E-state index contributed by atoms with van der Waals surface area (Å²) < 4.78 is 5.26. The van der Waals surface area contributed by atoms with E-state index >= 15 is 0 Å². The maximum atomic E-state index is 11.9. The molecule has 3 rings (SSSR count). The van der Waals surface area contributed by atoms with E-state index < -0.39 is 0 Å². The van der Waals surface area contributed by atoms with Gasteiger partial charge in [0.2, 0.25) is 0 Å². The number of carbonyl (C=O) groups excluding carboxylic acids is 1. The van der Waals surface area contributed by atoms with Gasteiger partial charge in [-0.2, -0.15) is 0 Å². The quantitative estimate of drug-likeness (QED) is 0.776. The molecule has 5 heteroatoms. The van der Waals surface area contributed by atoms with Crippen molar-refractivity contribution in [1.82, 2.24) is 9.88 Å². The first-order valence-corrected chi connectivity index (χ1v) is 6.14. The van der Waals surface area contributed by atoms with Gasteiger partial charge >= 0.3 is 6.09 Å². The Morgan fingerprint density at radius 3 is 2.88 bits per heavy atom. The molecule has 0 atom stereocenters. The van der Waals surface area contributed by atoms with E-state index in [4.69, 9.17) is 4.74 Å². The molecule has 0 saturated heterocycles. The molecule has 0 N–H and O–H groups in total. The molecule has 17 heavy (non-hydrogen) atoms. The maximum Gasteiger partial charge on any atom is 0.415 e. The average Bonchev–Trinajstić information content (AvgIpc) is 2.90. The predicted molar refractivity (Wildman–Crippen MR) is 63.8 cm³/mol. The number of para-hydroxylation sites is 1. The molecule has 0 fully saturated rings. The van der Waals surface area contributed by atoms with Gasteiger partial charge in [0, 0.05) is 4.88 Å². The molecule has 0 bridgehead atoms. The van der Waals surface area contributed by atoms with Gasteiger partial charge in [-0.25, -0.2) is 9.78 Å². The molecule has 2 heterocycles. The van der Waals surface area contributed by atoms with Gasteiger partial charge in [-0.3, -0.25) is 4.90 Å². The van der Waals surface area contributed by atoms with Crippen LogP contribution >= 0.6 is 11.3 Å². The van der Waals surface area contributed by atoms with E-state index in [1.165, 1.54) is 0 Å². The number of carbonyl (C=O) groups is 1. The second kappa shape index (κ2) is 4.18. The number of hydrogen-bond donors (Lipinski definition) is 0. The molecular formula is C12H10N2O2S. The van der Waals surface area contributed by atoms with Crippen LogP contribution in [0.15, 0.2) is 35.8 Å². The third kappa shape index (κ3) is 2.01. The third-order valence-corrected chi connectivity index (χ3v) is 3.47. The Bertz CT molecular complexity index is 518. The number of amides is 1. The molecule has 1 aromatic heterocycles. The van der Waals surface area contributed by atoms with Gasteiger partial charge in [-0.15, -0.1) is 11.3 Å². The van der Waals surface area contributed by atoms with E-state index in [1.807, 2.05) is 23.7 Å². The third-order valence-electron chi connectivity index (χ3n) is 2.61. The number of rotatable bonds is 1. The molecule has 1 aliphatic rings. The number of aromatic nitrogens is 1. The molecule has 1 amide bonds. The Kier molecular flexibility index (Phi) is 2.53. The zero-order chi connectivity index (χ0) is 11.7. The molecule has 0 spiro atoms. The number of nitrogens with zero attached hydrogens (tertiary/aromatic N) is 2. The molecule has 0 aliphatic carbocycles. The molecule has 1 aromatic carbocycles. The molecule has 0 unspecified atom stereocenters. The number of benzene rings is 1. The first kappa shape index (κ1) is 10.3. The van der Waals surface area contributed by atoms with Crippen LogP contribution in [0.25, 0.3) is 0 Å². The summed E-state index contributed by atoms with van der Waals surface area (Å²) in [5.41, 5.74) is 2.80. The highest BCUT2D eigenvalue weighted by Gasteiger charge is 2.26. The van der Waals surface area contributed by atoms with Crippen LogP contribution in [0.3, 0.4) is 0 Å². The van der Waals surface area contributed by atoms with Crippen LogP contribution in [0.4, 0.5) is 4.79 Å². The van der Waals surface area contributed by atoms with Crippen molar-refractivity contribution >= 4 is 17.4 Å². The Labute approximate surface area is 102 Å². The normalized spacial score (nSPS) is 13.5. The SMILES string of the molecule is O=C(Oc1ccccc1)N1Cc2ncsc2C1. The fraction of sp³-hybridized carbons (Fsp3) is 0.167. The van der Waals surface area contributed by atoms with Gasteiger partial charge in [-0.1, -0.05) is 18.2 Å². The van der Waals surface area contributed by atoms with Crippen molar-refractivity contribution < 1.29 is 9.53 Å². The van der Waals surface area contributed by atoms with Crippen molar-refractivity contribution in [2.24, 2.45) is 0 Å². The largest absolute Gasteiger partial charge is 0.415 e. The first-order chi connectivity index (χ1) is 8.33. The number of thiazole rings is 1. The minimum atomic E-state index is -0.318. The summed E-state index contributed by atoms with van der Waals surface area (Å²) in [5.74, 6) is 0.570. The van der Waals surface area contributed by atoms with Gasteiger partial charge in [0.15, 0.2) is 0 Å². The fourth-order valence-corrected chi connectivity index (χ4v) is 2.54. The second-order valence-electron chi connectivity index (χ2n) is 3.76. The minimum absolute atomic E-state index is 0.318. The number of hydrogen-bond acceptors (Lipinski definition) is 4. The lowest BCUT2D eigenvalue weighted by molar-refractivity contribution is 0.152. The predicted octanol–water partition coefficient (Wildman–Crippen LogP) is 2.66. The van der Waals surface area contributed by atoms with Crippen LogP contribution < -0.4 is 4.74 Å². The molecule has 4 nitrogen and oxygen atoms in total. The van der Waals surface area contributed by atoms with E-state index in [-0.39, 0.29) is 6.09 Å². The van der Waals surface area contributed by atoms with Gasteiger partial charge < -0.3 is 4.74 Å². The topological polar surface area (TPSA) is 42.4 Å². The summed E-state index contributed by atoms with van der Waals surface area (Å²) in [6.45, 7) is 1.15. The summed E-state index contributed by atoms with van der Waals surface area (Å²) in [6, 6.07) is 9.09. The second-order valence-corrected chi connectivity index (χ2v) is 4.70. The van der Waals surface area contributed by atoms with Crippen LogP contribution in [0.1, 0.15) is 10.6 Å². The Hall–Kier alpha value is -1.88. The van der Waals surface area contributed by atoms with Crippen LogP contribution in [0.2, 0.25) is 0 Å². The van der Waals surface area contributed by atoms with Crippen molar-refractivity contribution in [3.05, 3.63) is 46.4 Å². The van der Waals surface area contributed by atoms with Crippen molar-refractivity contribution in [3.8, 4) is 5.75 Å². The summed E-state index contributed by atoms with van der Waals surface area (Å²) in [7, 11) is 0. The summed E-state index contributed by atoms with van der Waals surface area (Å²) in [4.78, 5) is 18.9.